The number of benzene rings is 2. The van der Waals surface area contributed by atoms with E-state index >= 15 is 0 Å². The van der Waals surface area contributed by atoms with Gasteiger partial charge in [-0.3, -0.25) is 4.79 Å². The molecule has 0 spiro atoms. The molecule has 1 unspecified atom stereocenters. The maximum atomic E-state index is 13.3. The molecule has 12 heteroatoms. The van der Waals surface area contributed by atoms with E-state index in [1.165, 1.54) is 43.4 Å². The average Bonchev–Trinajstić information content (AvgIpc) is 2.66. The van der Waals surface area contributed by atoms with E-state index in [4.69, 9.17) is 11.6 Å². The molecule has 1 aliphatic rings. The molecule has 0 aliphatic carbocycles. The van der Waals surface area contributed by atoms with E-state index in [1.54, 1.807) is 0 Å². The third-order valence-electron chi connectivity index (χ3n) is 4.54. The Morgan fingerprint density at radius 1 is 1.30 bits per heavy atom. The molecular weight excluding hydrogens is 447 g/mol. The number of anilines is 1. The maximum absolute atomic E-state index is 13.3. The SMILES string of the molecule is CN1[C@@H](C(=O)Nc2ccc(F)c(Cl)c2)CC(c2cccc(OC(F)F)c2)NS1(=O)=O. The van der Waals surface area contributed by atoms with Crippen molar-refractivity contribution >= 4 is 33.4 Å². The van der Waals surface area contributed by atoms with Crippen LogP contribution in [-0.2, 0) is 15.0 Å². The molecule has 0 bridgehead atoms. The quantitative estimate of drug-likeness (QED) is 0.712. The maximum Gasteiger partial charge on any atom is 0.387 e. The highest BCUT2D eigenvalue weighted by molar-refractivity contribution is 7.87. The second-order valence-corrected chi connectivity index (χ2v) is 8.68. The van der Waals surface area contributed by atoms with Crippen LogP contribution in [0.4, 0.5) is 18.9 Å². The van der Waals surface area contributed by atoms with E-state index in [0.29, 0.717) is 5.56 Å². The van der Waals surface area contributed by atoms with Gasteiger partial charge in [0.25, 0.3) is 10.2 Å². The molecule has 1 fully saturated rings. The lowest BCUT2D eigenvalue weighted by molar-refractivity contribution is -0.120. The predicted molar refractivity (Wildman–Crippen MR) is 104 cm³/mol. The van der Waals surface area contributed by atoms with Gasteiger partial charge in [-0.2, -0.15) is 26.2 Å². The number of amides is 1. The van der Waals surface area contributed by atoms with Crippen molar-refractivity contribution in [2.45, 2.75) is 25.1 Å². The van der Waals surface area contributed by atoms with Gasteiger partial charge >= 0.3 is 6.61 Å². The molecule has 3 rings (SSSR count). The topological polar surface area (TPSA) is 87.7 Å². The summed E-state index contributed by atoms with van der Waals surface area (Å²) >= 11 is 5.70. The van der Waals surface area contributed by atoms with E-state index in [9.17, 15) is 26.4 Å². The van der Waals surface area contributed by atoms with Crippen molar-refractivity contribution in [2.75, 3.05) is 12.4 Å². The summed E-state index contributed by atoms with van der Waals surface area (Å²) in [6.07, 6.45) is 0.00855. The van der Waals surface area contributed by atoms with Crippen molar-refractivity contribution < 1.29 is 31.1 Å². The molecule has 7 nitrogen and oxygen atoms in total. The van der Waals surface area contributed by atoms with Crippen LogP contribution in [0.1, 0.15) is 18.0 Å². The summed E-state index contributed by atoms with van der Waals surface area (Å²) in [5.41, 5.74) is 0.548. The zero-order chi connectivity index (χ0) is 22.1. The molecule has 30 heavy (non-hydrogen) atoms. The van der Waals surface area contributed by atoms with Crippen molar-refractivity contribution in [1.29, 1.82) is 0 Å². The number of rotatable bonds is 5. The average molecular weight is 464 g/mol. The largest absolute Gasteiger partial charge is 0.435 e. The third kappa shape index (κ3) is 5.04. The number of hydrogen-bond donors (Lipinski definition) is 2. The van der Waals surface area contributed by atoms with Crippen LogP contribution in [0.3, 0.4) is 0 Å². The minimum absolute atomic E-state index is 0.00855. The van der Waals surface area contributed by atoms with Crippen LogP contribution in [0.25, 0.3) is 0 Å². The zero-order valence-electron chi connectivity index (χ0n) is 15.5. The van der Waals surface area contributed by atoms with Crippen LogP contribution in [0.2, 0.25) is 5.02 Å². The molecule has 2 aromatic carbocycles. The number of likely N-dealkylation sites (N-methyl/N-ethyl adjacent to an activating group) is 1. The minimum Gasteiger partial charge on any atom is -0.435 e. The number of carbonyl (C=O) groups is 1. The van der Waals surface area contributed by atoms with Gasteiger partial charge in [0.15, 0.2) is 0 Å². The zero-order valence-corrected chi connectivity index (χ0v) is 17.1. The first-order valence-corrected chi connectivity index (χ1v) is 10.4. The molecule has 1 aliphatic heterocycles. The number of carbonyl (C=O) groups excluding carboxylic acids is 1. The lowest BCUT2D eigenvalue weighted by atomic mass is 9.99. The smallest absolute Gasteiger partial charge is 0.387 e. The molecule has 0 radical (unpaired) electrons. The fourth-order valence-electron chi connectivity index (χ4n) is 3.03. The fourth-order valence-corrected chi connectivity index (χ4v) is 4.49. The Morgan fingerprint density at radius 2 is 2.03 bits per heavy atom. The number of ether oxygens (including phenoxy) is 1. The van der Waals surface area contributed by atoms with Gasteiger partial charge in [0.1, 0.15) is 17.6 Å². The van der Waals surface area contributed by atoms with Crippen molar-refractivity contribution in [3.63, 3.8) is 0 Å². The summed E-state index contributed by atoms with van der Waals surface area (Å²) in [4.78, 5) is 12.7. The highest BCUT2D eigenvalue weighted by Crippen LogP contribution is 2.31. The normalized spacial score (nSPS) is 21.4. The Bertz CT molecular complexity index is 1050. The van der Waals surface area contributed by atoms with E-state index in [-0.39, 0.29) is 22.9 Å². The summed E-state index contributed by atoms with van der Waals surface area (Å²) in [5.74, 6) is -1.46. The minimum atomic E-state index is -4.05. The molecule has 1 amide bonds. The van der Waals surface area contributed by atoms with Gasteiger partial charge < -0.3 is 10.1 Å². The van der Waals surface area contributed by atoms with E-state index in [0.717, 1.165) is 10.4 Å². The van der Waals surface area contributed by atoms with Gasteiger partial charge in [-0.05, 0) is 42.3 Å². The predicted octanol–water partition coefficient (Wildman–Crippen LogP) is 3.30. The van der Waals surface area contributed by atoms with Gasteiger partial charge in [-0.1, -0.05) is 23.7 Å². The lowest BCUT2D eigenvalue weighted by Gasteiger charge is -2.36. The first-order chi connectivity index (χ1) is 14.1. The number of alkyl halides is 2. The Hall–Kier alpha value is -2.34. The Balaban J connectivity index is 1.84. The molecule has 2 atom stereocenters. The first kappa shape index (κ1) is 22.3. The van der Waals surface area contributed by atoms with Crippen LogP contribution in [0.5, 0.6) is 5.75 Å². The van der Waals surface area contributed by atoms with Gasteiger partial charge in [0, 0.05) is 12.7 Å². The summed E-state index contributed by atoms with van der Waals surface area (Å²) in [7, 11) is -2.82. The van der Waals surface area contributed by atoms with Crippen molar-refractivity contribution in [2.24, 2.45) is 0 Å². The monoisotopic (exact) mass is 463 g/mol. The Labute approximate surface area is 176 Å². The number of nitrogens with one attached hydrogen (secondary N) is 2. The van der Waals surface area contributed by atoms with Gasteiger partial charge in [0.2, 0.25) is 5.91 Å². The van der Waals surface area contributed by atoms with Crippen LogP contribution < -0.4 is 14.8 Å². The Kier molecular flexibility index (Phi) is 6.56. The van der Waals surface area contributed by atoms with E-state index in [2.05, 4.69) is 14.8 Å². The standard InChI is InChI=1S/C18H17ClF3N3O4S/c1-25-16(17(26)23-11-5-6-14(20)13(19)8-11)9-15(24-30(25,27)28)10-3-2-4-12(7-10)29-18(21)22/h2-8,15-16,18,24H,9H2,1H3,(H,23,26)/t15?,16-/m1/s1. The van der Waals surface area contributed by atoms with E-state index in [1.807, 2.05) is 0 Å². The van der Waals surface area contributed by atoms with Crippen molar-refractivity contribution in [3.05, 3.63) is 58.9 Å². The number of hydrogen-bond acceptors (Lipinski definition) is 4. The highest BCUT2D eigenvalue weighted by Gasteiger charge is 2.40. The van der Waals surface area contributed by atoms with Gasteiger partial charge in [-0.15, -0.1) is 0 Å². The molecule has 1 heterocycles. The van der Waals surface area contributed by atoms with Crippen LogP contribution in [0, 0.1) is 5.82 Å². The highest BCUT2D eigenvalue weighted by atomic mass is 35.5. The van der Waals surface area contributed by atoms with E-state index < -0.39 is 40.6 Å². The summed E-state index contributed by atoms with van der Waals surface area (Å²) in [6.45, 7) is -3.03. The van der Waals surface area contributed by atoms with Gasteiger partial charge in [-0.25, -0.2) is 4.39 Å². The summed E-state index contributed by atoms with van der Waals surface area (Å²) < 4.78 is 70.9. The number of nitrogens with zero attached hydrogens (tertiary/aromatic N) is 1. The molecule has 0 aromatic heterocycles. The van der Waals surface area contributed by atoms with Crippen LogP contribution in [0.15, 0.2) is 42.5 Å². The van der Waals surface area contributed by atoms with Crippen LogP contribution in [-0.4, -0.2) is 38.3 Å². The van der Waals surface area contributed by atoms with Gasteiger partial charge in [0.05, 0.1) is 11.1 Å². The number of halogens is 4. The fraction of sp³-hybridized carbons (Fsp3) is 0.278. The lowest BCUT2D eigenvalue weighted by Crippen LogP contribution is -2.55. The third-order valence-corrected chi connectivity index (χ3v) is 6.43. The first-order valence-electron chi connectivity index (χ1n) is 8.63. The van der Waals surface area contributed by atoms with Crippen LogP contribution >= 0.6 is 11.6 Å². The summed E-state index contributed by atoms with van der Waals surface area (Å²) in [6, 6.07) is 7.13. The molecule has 1 saturated heterocycles. The summed E-state index contributed by atoms with van der Waals surface area (Å²) in [5, 5.41) is 2.31. The van der Waals surface area contributed by atoms with Crippen molar-refractivity contribution in [1.82, 2.24) is 9.03 Å². The second kappa shape index (κ2) is 8.80. The molecule has 2 aromatic rings. The molecule has 0 saturated carbocycles. The molecule has 2 N–H and O–H groups in total. The van der Waals surface area contributed by atoms with Crippen molar-refractivity contribution in [3.8, 4) is 5.75 Å². The second-order valence-electron chi connectivity index (χ2n) is 6.51. The Morgan fingerprint density at radius 3 is 2.70 bits per heavy atom. The molecule has 162 valence electrons. The molecular formula is C18H17ClF3N3O4S.